The fourth-order valence-electron chi connectivity index (χ4n) is 1.99. The minimum absolute atomic E-state index is 0.270. The van der Waals surface area contributed by atoms with Gasteiger partial charge in [-0.15, -0.1) is 0 Å². The first-order valence-corrected chi connectivity index (χ1v) is 8.42. The summed E-state index contributed by atoms with van der Waals surface area (Å²) in [7, 11) is -1.84. The molecule has 1 N–H and O–H groups in total. The van der Waals surface area contributed by atoms with Crippen molar-refractivity contribution in [3.63, 3.8) is 0 Å². The Balaban J connectivity index is 2.40. The summed E-state index contributed by atoms with van der Waals surface area (Å²) in [4.78, 5) is 0.270. The molecule has 0 aliphatic carbocycles. The maximum atomic E-state index is 12.4. The second-order valence-electron chi connectivity index (χ2n) is 4.53. The molecule has 0 aliphatic rings. The summed E-state index contributed by atoms with van der Waals surface area (Å²) in [5.41, 5.74) is 1.94. The Morgan fingerprint density at radius 2 is 2.10 bits per heavy atom. The van der Waals surface area contributed by atoms with Crippen molar-refractivity contribution in [1.82, 2.24) is 9.78 Å². The standard InChI is InChI=1S/C13H16BrN3O2S/c1-4-11-12(8-17(3)15-11)16-20(18,19)13-6-5-10(14)7-9(13)2/h5-8,16H,4H2,1-3H3. The number of anilines is 1. The van der Waals surface area contributed by atoms with E-state index < -0.39 is 10.0 Å². The van der Waals surface area contributed by atoms with Gasteiger partial charge >= 0.3 is 0 Å². The van der Waals surface area contributed by atoms with Gasteiger partial charge < -0.3 is 0 Å². The fourth-order valence-corrected chi connectivity index (χ4v) is 3.77. The molecule has 0 atom stereocenters. The lowest BCUT2D eigenvalue weighted by Crippen LogP contribution is -2.14. The van der Waals surface area contributed by atoms with Crippen LogP contribution in [0, 0.1) is 6.92 Å². The fraction of sp³-hybridized carbons (Fsp3) is 0.308. The van der Waals surface area contributed by atoms with E-state index in [1.165, 1.54) is 0 Å². The SMILES string of the molecule is CCc1nn(C)cc1NS(=O)(=O)c1ccc(Br)cc1C. The van der Waals surface area contributed by atoms with E-state index >= 15 is 0 Å². The Bertz CT molecular complexity index is 738. The van der Waals surface area contributed by atoms with E-state index in [-0.39, 0.29) is 4.90 Å². The molecule has 1 aromatic heterocycles. The van der Waals surface area contributed by atoms with Crippen molar-refractivity contribution >= 4 is 31.6 Å². The number of nitrogens with one attached hydrogen (secondary N) is 1. The Hall–Kier alpha value is -1.34. The Morgan fingerprint density at radius 1 is 1.40 bits per heavy atom. The molecule has 20 heavy (non-hydrogen) atoms. The Labute approximate surface area is 127 Å². The lowest BCUT2D eigenvalue weighted by atomic mass is 10.2. The van der Waals surface area contributed by atoms with Gasteiger partial charge in [-0.3, -0.25) is 9.40 Å². The monoisotopic (exact) mass is 357 g/mol. The highest BCUT2D eigenvalue weighted by Gasteiger charge is 2.19. The molecule has 0 unspecified atom stereocenters. The highest BCUT2D eigenvalue weighted by atomic mass is 79.9. The van der Waals surface area contributed by atoms with Crippen LogP contribution in [0.3, 0.4) is 0 Å². The first kappa shape index (κ1) is 15.1. The first-order chi connectivity index (χ1) is 9.33. The summed E-state index contributed by atoms with van der Waals surface area (Å²) in [6, 6.07) is 5.08. The molecule has 0 aliphatic heterocycles. The summed E-state index contributed by atoms with van der Waals surface area (Å²) in [5.74, 6) is 0. The number of rotatable bonds is 4. The van der Waals surface area contributed by atoms with Crippen molar-refractivity contribution in [2.75, 3.05) is 4.72 Å². The summed E-state index contributed by atoms with van der Waals surface area (Å²) < 4.78 is 30.0. The molecule has 7 heteroatoms. The van der Waals surface area contributed by atoms with E-state index in [1.807, 2.05) is 6.92 Å². The number of hydrogen-bond donors (Lipinski definition) is 1. The van der Waals surface area contributed by atoms with E-state index in [0.717, 1.165) is 10.2 Å². The Kier molecular flexibility index (Phi) is 4.19. The highest BCUT2D eigenvalue weighted by molar-refractivity contribution is 9.10. The summed E-state index contributed by atoms with van der Waals surface area (Å²) >= 11 is 3.33. The minimum atomic E-state index is -3.60. The molecule has 108 valence electrons. The molecular formula is C13H16BrN3O2S. The molecular weight excluding hydrogens is 342 g/mol. The van der Waals surface area contributed by atoms with Gasteiger partial charge in [-0.25, -0.2) is 8.42 Å². The van der Waals surface area contributed by atoms with Crippen LogP contribution in [0.15, 0.2) is 33.8 Å². The van der Waals surface area contributed by atoms with Crippen LogP contribution in [0.4, 0.5) is 5.69 Å². The Morgan fingerprint density at radius 3 is 2.70 bits per heavy atom. The second-order valence-corrected chi connectivity index (χ2v) is 7.10. The lowest BCUT2D eigenvalue weighted by Gasteiger charge is -2.10. The van der Waals surface area contributed by atoms with Gasteiger partial charge in [0, 0.05) is 17.7 Å². The van der Waals surface area contributed by atoms with E-state index in [2.05, 4.69) is 25.8 Å². The molecule has 0 saturated heterocycles. The normalized spacial score (nSPS) is 11.6. The van der Waals surface area contributed by atoms with Crippen LogP contribution in [-0.2, 0) is 23.5 Å². The number of aryl methyl sites for hydroxylation is 3. The summed E-state index contributed by atoms with van der Waals surface area (Å²) in [5, 5.41) is 4.23. The molecule has 0 saturated carbocycles. The number of halogens is 1. The van der Waals surface area contributed by atoms with Gasteiger partial charge in [0.2, 0.25) is 0 Å². The molecule has 1 aromatic carbocycles. The quantitative estimate of drug-likeness (QED) is 0.914. The molecule has 0 radical (unpaired) electrons. The van der Waals surface area contributed by atoms with E-state index in [9.17, 15) is 8.42 Å². The number of hydrogen-bond acceptors (Lipinski definition) is 3. The molecule has 0 amide bonds. The van der Waals surface area contributed by atoms with Crippen molar-refractivity contribution in [3.8, 4) is 0 Å². The maximum absolute atomic E-state index is 12.4. The topological polar surface area (TPSA) is 64.0 Å². The smallest absolute Gasteiger partial charge is 0.262 e. The summed E-state index contributed by atoms with van der Waals surface area (Å²) in [6.07, 6.45) is 2.34. The highest BCUT2D eigenvalue weighted by Crippen LogP contribution is 2.24. The summed E-state index contributed by atoms with van der Waals surface area (Å²) in [6.45, 7) is 3.70. The number of benzene rings is 1. The van der Waals surface area contributed by atoms with Crippen molar-refractivity contribution in [2.45, 2.75) is 25.2 Å². The van der Waals surface area contributed by atoms with Crippen LogP contribution in [0.5, 0.6) is 0 Å². The van der Waals surface area contributed by atoms with Crippen LogP contribution in [-0.4, -0.2) is 18.2 Å². The number of aromatic nitrogens is 2. The van der Waals surface area contributed by atoms with Crippen molar-refractivity contribution < 1.29 is 8.42 Å². The van der Waals surface area contributed by atoms with Gasteiger partial charge in [-0.1, -0.05) is 22.9 Å². The molecule has 0 bridgehead atoms. The zero-order valence-corrected chi connectivity index (χ0v) is 13.9. The lowest BCUT2D eigenvalue weighted by molar-refractivity contribution is 0.600. The zero-order valence-electron chi connectivity index (χ0n) is 11.5. The number of nitrogens with zero attached hydrogens (tertiary/aromatic N) is 2. The third-order valence-corrected chi connectivity index (χ3v) is 4.93. The van der Waals surface area contributed by atoms with Gasteiger partial charge in [0.15, 0.2) is 0 Å². The van der Waals surface area contributed by atoms with Gasteiger partial charge in [-0.2, -0.15) is 5.10 Å². The van der Waals surface area contributed by atoms with Gasteiger partial charge in [-0.05, 0) is 37.1 Å². The third-order valence-electron chi connectivity index (χ3n) is 2.91. The predicted molar refractivity (Wildman–Crippen MR) is 82.3 cm³/mol. The van der Waals surface area contributed by atoms with Crippen LogP contribution in [0.25, 0.3) is 0 Å². The average molecular weight is 358 g/mol. The van der Waals surface area contributed by atoms with Gasteiger partial charge in [0.25, 0.3) is 10.0 Å². The van der Waals surface area contributed by atoms with Crippen molar-refractivity contribution in [3.05, 3.63) is 40.1 Å². The van der Waals surface area contributed by atoms with Crippen LogP contribution in [0.1, 0.15) is 18.2 Å². The maximum Gasteiger partial charge on any atom is 0.262 e. The van der Waals surface area contributed by atoms with Crippen LogP contribution < -0.4 is 4.72 Å². The zero-order chi connectivity index (χ0) is 14.9. The van der Waals surface area contributed by atoms with E-state index in [0.29, 0.717) is 17.7 Å². The third kappa shape index (κ3) is 3.04. The minimum Gasteiger partial charge on any atom is -0.276 e. The average Bonchev–Trinajstić information content (AvgIpc) is 2.67. The van der Waals surface area contributed by atoms with Crippen molar-refractivity contribution in [2.24, 2.45) is 7.05 Å². The predicted octanol–water partition coefficient (Wildman–Crippen LogP) is 2.85. The molecule has 0 spiro atoms. The van der Waals surface area contributed by atoms with Crippen molar-refractivity contribution in [1.29, 1.82) is 0 Å². The molecule has 2 rings (SSSR count). The van der Waals surface area contributed by atoms with Crippen LogP contribution in [0.2, 0.25) is 0 Å². The largest absolute Gasteiger partial charge is 0.276 e. The van der Waals surface area contributed by atoms with E-state index in [1.54, 1.807) is 43.0 Å². The first-order valence-electron chi connectivity index (χ1n) is 6.15. The molecule has 2 aromatic rings. The second kappa shape index (κ2) is 5.57. The molecule has 5 nitrogen and oxygen atoms in total. The van der Waals surface area contributed by atoms with Gasteiger partial charge in [0.05, 0.1) is 16.3 Å². The molecule has 0 fully saturated rings. The van der Waals surface area contributed by atoms with Gasteiger partial charge in [0.1, 0.15) is 0 Å². The van der Waals surface area contributed by atoms with E-state index in [4.69, 9.17) is 0 Å². The van der Waals surface area contributed by atoms with Crippen LogP contribution >= 0.6 is 15.9 Å². The number of sulfonamides is 1. The molecule has 1 heterocycles.